The molecule has 0 saturated heterocycles. The molecule has 0 aliphatic heterocycles. The highest BCUT2D eigenvalue weighted by molar-refractivity contribution is 7.36. The Kier molecular flexibility index (Phi) is 2.49. The fourth-order valence-electron chi connectivity index (χ4n) is 1.13. The Bertz CT molecular complexity index is 657. The third kappa shape index (κ3) is 1.48. The number of hydrogen-bond acceptors (Lipinski definition) is 6. The topological polar surface area (TPSA) is 91.0 Å². The first kappa shape index (κ1) is 10.4. The fourth-order valence-corrected chi connectivity index (χ4v) is 3.48. The maximum atomic E-state index is 9.56. The van der Waals surface area contributed by atoms with Crippen LogP contribution in [0.5, 0.6) is 11.5 Å². The summed E-state index contributed by atoms with van der Waals surface area (Å²) in [7, 11) is 0. The molecule has 0 amide bonds. The maximum Gasteiger partial charge on any atom is 0.386 e. The van der Waals surface area contributed by atoms with Gasteiger partial charge in [0.1, 0.15) is 11.5 Å². The SMILES string of the molecule is N#C[N+](C#N)=c1sc2c(O)ccc(O)c2s1. The molecule has 1 aromatic heterocycles. The molecule has 0 aliphatic rings. The van der Waals surface area contributed by atoms with Gasteiger partial charge in [-0.2, -0.15) is 0 Å². The van der Waals surface area contributed by atoms with Crippen molar-refractivity contribution in [2.24, 2.45) is 0 Å². The lowest BCUT2D eigenvalue weighted by Gasteiger charge is -1.94. The summed E-state index contributed by atoms with van der Waals surface area (Å²) in [5, 5.41) is 36.5. The molecule has 0 radical (unpaired) electrons. The minimum atomic E-state index is 0.0242. The zero-order valence-corrected chi connectivity index (χ0v) is 9.34. The first-order valence-electron chi connectivity index (χ1n) is 4.04. The van der Waals surface area contributed by atoms with Gasteiger partial charge in [0.15, 0.2) is 0 Å². The van der Waals surface area contributed by atoms with Gasteiger partial charge >= 0.3 is 12.4 Å². The lowest BCUT2D eigenvalue weighted by Crippen LogP contribution is -2.13. The molecule has 78 valence electrons. The number of phenols is 2. The Balaban J connectivity index is 2.97. The number of aromatic hydroxyl groups is 2. The van der Waals surface area contributed by atoms with E-state index >= 15 is 0 Å². The van der Waals surface area contributed by atoms with Crippen LogP contribution in [-0.4, -0.2) is 10.2 Å². The van der Waals surface area contributed by atoms with Crippen molar-refractivity contribution in [3.8, 4) is 23.9 Å². The van der Waals surface area contributed by atoms with E-state index in [1.54, 1.807) is 12.4 Å². The molecule has 0 fully saturated rings. The second-order valence-corrected chi connectivity index (χ2v) is 5.02. The van der Waals surface area contributed by atoms with E-state index < -0.39 is 0 Å². The van der Waals surface area contributed by atoms with E-state index in [0.29, 0.717) is 13.4 Å². The minimum absolute atomic E-state index is 0.0242. The van der Waals surface area contributed by atoms with Gasteiger partial charge < -0.3 is 10.2 Å². The summed E-state index contributed by atoms with van der Waals surface area (Å²) in [6.45, 7) is 0. The van der Waals surface area contributed by atoms with Crippen LogP contribution in [0.15, 0.2) is 12.1 Å². The van der Waals surface area contributed by atoms with E-state index in [0.717, 1.165) is 27.2 Å². The molecule has 0 aliphatic carbocycles. The summed E-state index contributed by atoms with van der Waals surface area (Å²) in [5.41, 5.74) is 0. The van der Waals surface area contributed by atoms with E-state index in [1.165, 1.54) is 12.1 Å². The van der Waals surface area contributed by atoms with Crippen molar-refractivity contribution in [2.45, 2.75) is 0 Å². The first-order valence-corrected chi connectivity index (χ1v) is 5.68. The lowest BCUT2D eigenvalue weighted by atomic mass is 10.3. The number of hydrogen-bond donors (Lipinski definition) is 2. The summed E-state index contributed by atoms with van der Waals surface area (Å²) in [6, 6.07) is 2.74. The van der Waals surface area contributed by atoms with Crippen molar-refractivity contribution in [2.75, 3.05) is 0 Å². The highest BCUT2D eigenvalue weighted by Gasteiger charge is 2.11. The standard InChI is InChI=1S/C9H3N3O2S2/c10-3-12(4-11)9-15-7-5(13)1-2-6(14)8(7)16-9/h1-2H,(H-,13,14)/p+1. The molecular formula is C9H4N3O2S2+. The quantitative estimate of drug-likeness (QED) is 0.317. The molecule has 5 nitrogen and oxygen atoms in total. The molecule has 7 heteroatoms. The predicted octanol–water partition coefficient (Wildman–Crippen LogP) is 1.11. The van der Waals surface area contributed by atoms with Crippen molar-refractivity contribution in [1.82, 2.24) is 4.58 Å². The number of fused-ring (bicyclic) bond motifs is 1. The molecule has 2 N–H and O–H groups in total. The molecule has 0 saturated carbocycles. The number of phenolic OH excluding ortho intramolecular Hbond substituents is 2. The third-order valence-electron chi connectivity index (χ3n) is 1.83. The van der Waals surface area contributed by atoms with Crippen molar-refractivity contribution in [3.05, 3.63) is 16.1 Å². The van der Waals surface area contributed by atoms with Crippen LogP contribution in [0.3, 0.4) is 0 Å². The summed E-state index contributed by atoms with van der Waals surface area (Å²) in [4.78, 5) is 0. The summed E-state index contributed by atoms with van der Waals surface area (Å²) in [5.74, 6) is 0.0484. The van der Waals surface area contributed by atoms with E-state index in [4.69, 9.17) is 10.5 Å². The van der Waals surface area contributed by atoms with E-state index in [1.807, 2.05) is 0 Å². The normalized spacial score (nSPS) is 9.62. The summed E-state index contributed by atoms with van der Waals surface area (Å²) < 4.78 is 2.16. The number of rotatable bonds is 0. The average Bonchev–Trinajstić information content (AvgIpc) is 2.71. The van der Waals surface area contributed by atoms with Crippen molar-refractivity contribution in [1.29, 1.82) is 10.5 Å². The zero-order valence-electron chi connectivity index (χ0n) is 7.71. The molecule has 1 aromatic carbocycles. The Morgan fingerprint density at radius 3 is 1.81 bits per heavy atom. The van der Waals surface area contributed by atoms with Gasteiger partial charge in [-0.05, 0) is 12.1 Å². The monoisotopic (exact) mass is 250 g/mol. The summed E-state index contributed by atoms with van der Waals surface area (Å²) in [6.07, 6.45) is 3.40. The van der Waals surface area contributed by atoms with Gasteiger partial charge in [-0.25, -0.2) is 0 Å². The highest BCUT2D eigenvalue weighted by atomic mass is 32.2. The molecule has 16 heavy (non-hydrogen) atoms. The second-order valence-electron chi connectivity index (χ2n) is 2.77. The Morgan fingerprint density at radius 1 is 1.00 bits per heavy atom. The van der Waals surface area contributed by atoms with Gasteiger partial charge in [0.05, 0.1) is 9.40 Å². The number of nitrogens with zero attached hydrogens (tertiary/aromatic N) is 3. The van der Waals surface area contributed by atoms with Crippen LogP contribution in [0.2, 0.25) is 0 Å². The Hall–Kier alpha value is -2.09. The molecular weight excluding hydrogens is 246 g/mol. The van der Waals surface area contributed by atoms with E-state index in [2.05, 4.69) is 0 Å². The lowest BCUT2D eigenvalue weighted by molar-refractivity contribution is 0.471. The van der Waals surface area contributed by atoms with Crippen LogP contribution in [0, 0.1) is 22.9 Å². The molecule has 2 rings (SSSR count). The average molecular weight is 250 g/mol. The van der Waals surface area contributed by atoms with Gasteiger partial charge in [0.2, 0.25) is 3.98 Å². The van der Waals surface area contributed by atoms with Crippen LogP contribution < -0.4 is 8.56 Å². The van der Waals surface area contributed by atoms with Gasteiger partial charge in [-0.15, -0.1) is 0 Å². The van der Waals surface area contributed by atoms with Gasteiger partial charge in [-0.1, -0.05) is 27.2 Å². The van der Waals surface area contributed by atoms with Crippen LogP contribution in [0.4, 0.5) is 0 Å². The molecule has 0 atom stereocenters. The highest BCUT2D eigenvalue weighted by Crippen LogP contribution is 2.36. The molecule has 0 unspecified atom stereocenters. The second kappa shape index (κ2) is 3.81. The number of nitriles is 2. The minimum Gasteiger partial charge on any atom is -0.506 e. The van der Waals surface area contributed by atoms with Crippen molar-refractivity contribution < 1.29 is 10.2 Å². The molecule has 0 bridgehead atoms. The fraction of sp³-hybridized carbons (Fsp3) is 0. The summed E-state index contributed by atoms with van der Waals surface area (Å²) >= 11 is 2.17. The Morgan fingerprint density at radius 2 is 1.44 bits per heavy atom. The maximum absolute atomic E-state index is 9.56. The van der Waals surface area contributed by atoms with Crippen LogP contribution >= 0.6 is 22.7 Å². The number of benzene rings is 1. The van der Waals surface area contributed by atoms with Crippen LogP contribution in [0.1, 0.15) is 0 Å². The largest absolute Gasteiger partial charge is 0.506 e. The van der Waals surface area contributed by atoms with Gasteiger partial charge in [0, 0.05) is 10.5 Å². The van der Waals surface area contributed by atoms with Gasteiger partial charge in [0.25, 0.3) is 0 Å². The van der Waals surface area contributed by atoms with E-state index in [9.17, 15) is 10.2 Å². The van der Waals surface area contributed by atoms with Crippen LogP contribution in [-0.2, 0) is 0 Å². The predicted molar refractivity (Wildman–Crippen MR) is 59.5 cm³/mol. The van der Waals surface area contributed by atoms with E-state index in [-0.39, 0.29) is 11.5 Å². The smallest absolute Gasteiger partial charge is 0.386 e. The molecule has 0 spiro atoms. The van der Waals surface area contributed by atoms with Gasteiger partial charge in [-0.3, -0.25) is 0 Å². The zero-order chi connectivity index (χ0) is 11.7. The Labute approximate surface area is 97.6 Å². The molecule has 1 heterocycles. The third-order valence-corrected chi connectivity index (χ3v) is 4.41. The van der Waals surface area contributed by atoms with Crippen LogP contribution in [0.25, 0.3) is 9.40 Å². The first-order chi connectivity index (χ1) is 7.67. The van der Waals surface area contributed by atoms with Crippen molar-refractivity contribution >= 4 is 32.1 Å². The van der Waals surface area contributed by atoms with Crippen molar-refractivity contribution in [3.63, 3.8) is 0 Å². The molecule has 2 aromatic rings.